The van der Waals surface area contributed by atoms with Gasteiger partial charge in [0, 0.05) is 17.5 Å². The van der Waals surface area contributed by atoms with E-state index in [-0.39, 0.29) is 5.75 Å². The number of methoxy groups -OCH3 is 1. The Bertz CT molecular complexity index is 667. The molecule has 0 bridgehead atoms. The smallest absolute Gasteiger partial charge is 0.165 e. The van der Waals surface area contributed by atoms with Gasteiger partial charge in [-0.05, 0) is 25.1 Å². The van der Waals surface area contributed by atoms with Crippen molar-refractivity contribution in [3.05, 3.63) is 40.0 Å². The van der Waals surface area contributed by atoms with Crippen LogP contribution in [0.2, 0.25) is 0 Å². The molecule has 3 nitrogen and oxygen atoms in total. The largest absolute Gasteiger partial charge is 0.494 e. The maximum atomic E-state index is 13.8. The number of halogens is 1. The van der Waals surface area contributed by atoms with Gasteiger partial charge in [0.05, 0.1) is 12.8 Å². The molecule has 0 aliphatic rings. The van der Waals surface area contributed by atoms with Crippen LogP contribution in [0.15, 0.2) is 18.2 Å². The second kappa shape index (κ2) is 5.48. The average molecular weight is 278 g/mol. The van der Waals surface area contributed by atoms with Crippen molar-refractivity contribution in [2.75, 3.05) is 7.11 Å². The van der Waals surface area contributed by atoms with Crippen LogP contribution in [0.5, 0.6) is 5.75 Å². The SMILES string of the molecule is CCc1nc(=S)c(C)c(-c2ccc(OC)c(F)c2)[nH]1. The van der Waals surface area contributed by atoms with Crippen LogP contribution < -0.4 is 4.74 Å². The molecule has 0 saturated carbocycles. The van der Waals surface area contributed by atoms with E-state index in [0.29, 0.717) is 4.64 Å². The van der Waals surface area contributed by atoms with Crippen molar-refractivity contribution in [3.8, 4) is 17.0 Å². The molecule has 2 aromatic rings. The van der Waals surface area contributed by atoms with E-state index in [1.807, 2.05) is 13.8 Å². The highest BCUT2D eigenvalue weighted by Gasteiger charge is 2.10. The lowest BCUT2D eigenvalue weighted by molar-refractivity contribution is 0.386. The summed E-state index contributed by atoms with van der Waals surface area (Å²) in [6.45, 7) is 3.87. The van der Waals surface area contributed by atoms with E-state index in [4.69, 9.17) is 17.0 Å². The van der Waals surface area contributed by atoms with E-state index in [1.54, 1.807) is 12.1 Å². The van der Waals surface area contributed by atoms with Crippen LogP contribution in [0.4, 0.5) is 4.39 Å². The van der Waals surface area contributed by atoms with Crippen LogP contribution in [0.25, 0.3) is 11.3 Å². The van der Waals surface area contributed by atoms with Crippen LogP contribution in [-0.4, -0.2) is 17.1 Å². The molecule has 19 heavy (non-hydrogen) atoms. The van der Waals surface area contributed by atoms with Crippen molar-refractivity contribution in [3.63, 3.8) is 0 Å². The number of ether oxygens (including phenoxy) is 1. The van der Waals surface area contributed by atoms with Crippen molar-refractivity contribution < 1.29 is 9.13 Å². The van der Waals surface area contributed by atoms with E-state index in [2.05, 4.69) is 9.97 Å². The highest BCUT2D eigenvalue weighted by Crippen LogP contribution is 2.26. The molecule has 0 amide bonds. The number of nitrogens with one attached hydrogen (secondary N) is 1. The first-order valence-electron chi connectivity index (χ1n) is 6.00. The number of aromatic nitrogens is 2. The van der Waals surface area contributed by atoms with Gasteiger partial charge in [0.15, 0.2) is 11.6 Å². The third-order valence-electron chi connectivity index (χ3n) is 2.98. The van der Waals surface area contributed by atoms with E-state index in [0.717, 1.165) is 29.1 Å². The van der Waals surface area contributed by atoms with E-state index >= 15 is 0 Å². The number of nitrogens with zero attached hydrogens (tertiary/aromatic N) is 1. The zero-order valence-corrected chi connectivity index (χ0v) is 11.9. The Hall–Kier alpha value is -1.75. The molecule has 100 valence electrons. The molecule has 5 heteroatoms. The fourth-order valence-corrected chi connectivity index (χ4v) is 2.07. The summed E-state index contributed by atoms with van der Waals surface area (Å²) in [5.41, 5.74) is 2.38. The molecule has 0 aliphatic carbocycles. The molecule has 1 N–H and O–H groups in total. The van der Waals surface area contributed by atoms with E-state index < -0.39 is 5.82 Å². The van der Waals surface area contributed by atoms with Gasteiger partial charge in [0.2, 0.25) is 0 Å². The Morgan fingerprint density at radius 3 is 2.74 bits per heavy atom. The Morgan fingerprint density at radius 2 is 2.16 bits per heavy atom. The molecule has 0 fully saturated rings. The van der Waals surface area contributed by atoms with Gasteiger partial charge in [-0.3, -0.25) is 0 Å². The first-order valence-corrected chi connectivity index (χ1v) is 6.41. The van der Waals surface area contributed by atoms with Crippen molar-refractivity contribution in [1.29, 1.82) is 0 Å². The van der Waals surface area contributed by atoms with Crippen LogP contribution in [0.1, 0.15) is 18.3 Å². The van der Waals surface area contributed by atoms with Gasteiger partial charge in [-0.2, -0.15) is 0 Å². The van der Waals surface area contributed by atoms with Gasteiger partial charge in [-0.1, -0.05) is 19.1 Å². The molecule has 2 rings (SSSR count). The Morgan fingerprint density at radius 1 is 1.42 bits per heavy atom. The summed E-state index contributed by atoms with van der Waals surface area (Å²) in [6.07, 6.45) is 0.746. The van der Waals surface area contributed by atoms with Gasteiger partial charge in [-0.15, -0.1) is 0 Å². The highest BCUT2D eigenvalue weighted by molar-refractivity contribution is 7.71. The third kappa shape index (κ3) is 2.66. The van der Waals surface area contributed by atoms with Crippen LogP contribution in [0, 0.1) is 17.4 Å². The predicted molar refractivity (Wildman–Crippen MR) is 75.5 cm³/mol. The summed E-state index contributed by atoms with van der Waals surface area (Å²) in [5.74, 6) is 0.625. The zero-order valence-electron chi connectivity index (χ0n) is 11.1. The number of benzene rings is 1. The van der Waals surface area contributed by atoms with Crippen LogP contribution >= 0.6 is 12.2 Å². The fraction of sp³-hybridized carbons (Fsp3) is 0.286. The lowest BCUT2D eigenvalue weighted by Crippen LogP contribution is -2.00. The number of H-pyrrole nitrogens is 1. The Balaban J connectivity index is 2.61. The van der Waals surface area contributed by atoms with Crippen LogP contribution in [-0.2, 0) is 6.42 Å². The van der Waals surface area contributed by atoms with E-state index in [9.17, 15) is 4.39 Å². The lowest BCUT2D eigenvalue weighted by atomic mass is 10.1. The van der Waals surface area contributed by atoms with Gasteiger partial charge >= 0.3 is 0 Å². The molecule has 0 spiro atoms. The predicted octanol–water partition coefficient (Wildman–Crippen LogP) is 3.82. The standard InChI is InChI=1S/C14H15FN2OS/c1-4-12-16-13(8(2)14(19)17-12)9-5-6-11(18-3)10(15)7-9/h5-7H,4H2,1-3H3,(H,16,17,19). The van der Waals surface area contributed by atoms with Gasteiger partial charge < -0.3 is 9.72 Å². The maximum absolute atomic E-state index is 13.8. The molecule has 1 aromatic heterocycles. The summed E-state index contributed by atoms with van der Waals surface area (Å²) < 4.78 is 19.2. The topological polar surface area (TPSA) is 37.9 Å². The Labute approximate surface area is 116 Å². The summed E-state index contributed by atoms with van der Waals surface area (Å²) in [5, 5.41) is 0. The molecule has 1 heterocycles. The molecular weight excluding hydrogens is 263 g/mol. The minimum atomic E-state index is -0.395. The van der Waals surface area contributed by atoms with Crippen molar-refractivity contribution in [1.82, 2.24) is 9.97 Å². The van der Waals surface area contributed by atoms with Crippen molar-refractivity contribution in [2.24, 2.45) is 0 Å². The van der Waals surface area contributed by atoms with Crippen molar-refractivity contribution in [2.45, 2.75) is 20.3 Å². The first-order chi connectivity index (χ1) is 9.06. The molecule has 1 aromatic carbocycles. The maximum Gasteiger partial charge on any atom is 0.165 e. The highest BCUT2D eigenvalue weighted by atomic mass is 32.1. The summed E-state index contributed by atoms with van der Waals surface area (Å²) in [4.78, 5) is 7.47. The molecule has 0 unspecified atom stereocenters. The minimum absolute atomic E-state index is 0.227. The zero-order chi connectivity index (χ0) is 14.0. The number of hydrogen-bond donors (Lipinski definition) is 1. The minimum Gasteiger partial charge on any atom is -0.494 e. The molecule has 0 radical (unpaired) electrons. The third-order valence-corrected chi connectivity index (χ3v) is 3.37. The molecule has 0 aliphatic heterocycles. The average Bonchev–Trinajstić information content (AvgIpc) is 2.41. The summed E-state index contributed by atoms with van der Waals surface area (Å²) >= 11 is 5.23. The van der Waals surface area contributed by atoms with Crippen molar-refractivity contribution >= 4 is 12.2 Å². The monoisotopic (exact) mass is 278 g/mol. The summed E-state index contributed by atoms with van der Waals surface area (Å²) in [7, 11) is 1.44. The fourth-order valence-electron chi connectivity index (χ4n) is 1.86. The van der Waals surface area contributed by atoms with Crippen LogP contribution in [0.3, 0.4) is 0 Å². The number of aryl methyl sites for hydroxylation is 1. The van der Waals surface area contributed by atoms with E-state index in [1.165, 1.54) is 13.2 Å². The van der Waals surface area contributed by atoms with Gasteiger partial charge in [0.1, 0.15) is 10.5 Å². The normalized spacial score (nSPS) is 10.5. The molecule has 0 atom stereocenters. The quantitative estimate of drug-likeness (QED) is 0.867. The number of rotatable bonds is 3. The second-order valence-corrected chi connectivity index (χ2v) is 4.58. The van der Waals surface area contributed by atoms with Gasteiger partial charge in [-0.25, -0.2) is 9.37 Å². The Kier molecular flexibility index (Phi) is 3.95. The molecular formula is C14H15FN2OS. The van der Waals surface area contributed by atoms with Gasteiger partial charge in [0.25, 0.3) is 0 Å². The lowest BCUT2D eigenvalue weighted by Gasteiger charge is -2.10. The number of hydrogen-bond acceptors (Lipinski definition) is 3. The summed E-state index contributed by atoms with van der Waals surface area (Å²) in [6, 6.07) is 4.84. The second-order valence-electron chi connectivity index (χ2n) is 4.19. The molecule has 0 saturated heterocycles. The first kappa shape index (κ1) is 13.7. The number of aromatic amines is 1.